The summed E-state index contributed by atoms with van der Waals surface area (Å²) >= 11 is 0. The number of carbonyl (C=O) groups excluding carboxylic acids is 1. The van der Waals surface area contributed by atoms with Crippen LogP contribution in [0.2, 0.25) is 0 Å². The van der Waals surface area contributed by atoms with E-state index in [1.165, 1.54) is 70.6 Å². The molecule has 0 spiro atoms. The van der Waals surface area contributed by atoms with Gasteiger partial charge in [0.05, 0.1) is 0 Å². The van der Waals surface area contributed by atoms with Crippen LogP contribution < -0.4 is 0 Å². The smallest absolute Gasteiger partial charge is 0.142 e. The maximum absolute atomic E-state index is 10.0. The maximum Gasteiger partial charge on any atom is 0.142 e. The number of carbonyl (C=O) groups is 1. The van der Waals surface area contributed by atoms with Crippen LogP contribution in [0, 0.1) is 0 Å². The summed E-state index contributed by atoms with van der Waals surface area (Å²) in [5, 5.41) is 0. The van der Waals surface area contributed by atoms with E-state index in [1.807, 2.05) is 6.08 Å². The Morgan fingerprint density at radius 1 is 0.632 bits per heavy atom. The molecule has 0 fully saturated rings. The molecule has 0 saturated heterocycles. The van der Waals surface area contributed by atoms with Crippen LogP contribution in [-0.2, 0) is 4.79 Å². The summed E-state index contributed by atoms with van der Waals surface area (Å²) in [5.41, 5.74) is 0. The van der Waals surface area contributed by atoms with Crippen LogP contribution in [0.25, 0.3) is 0 Å². The van der Waals surface area contributed by atoms with Gasteiger partial charge in [0, 0.05) is 0 Å². The lowest BCUT2D eigenvalue weighted by atomic mass is 10.1. The molecule has 0 radical (unpaired) electrons. The Balaban J connectivity index is 3.04. The third kappa shape index (κ3) is 17.1. The second kappa shape index (κ2) is 17.2. The molecule has 0 amide bonds. The van der Waals surface area contributed by atoms with Crippen molar-refractivity contribution >= 4 is 6.29 Å². The highest BCUT2D eigenvalue weighted by Crippen LogP contribution is 2.10. The molecule has 0 aromatic carbocycles. The lowest BCUT2D eigenvalue weighted by molar-refractivity contribution is -0.104. The SMILES string of the molecule is CCCC/C=C\CCCCCCCCC/C=C\C=O. The Morgan fingerprint density at radius 3 is 1.63 bits per heavy atom. The van der Waals surface area contributed by atoms with Crippen molar-refractivity contribution in [1.29, 1.82) is 0 Å². The summed E-state index contributed by atoms with van der Waals surface area (Å²) in [6.45, 7) is 2.24. The molecule has 1 heteroatoms. The van der Waals surface area contributed by atoms with E-state index < -0.39 is 0 Å². The molecule has 0 aliphatic carbocycles. The molecule has 0 aromatic rings. The highest BCUT2D eigenvalue weighted by atomic mass is 16.1. The van der Waals surface area contributed by atoms with E-state index in [-0.39, 0.29) is 0 Å². The summed E-state index contributed by atoms with van der Waals surface area (Å²) in [6, 6.07) is 0. The first kappa shape index (κ1) is 18.1. The minimum Gasteiger partial charge on any atom is -0.299 e. The van der Waals surface area contributed by atoms with Crippen molar-refractivity contribution < 1.29 is 4.79 Å². The van der Waals surface area contributed by atoms with Crippen molar-refractivity contribution in [3.63, 3.8) is 0 Å². The predicted molar refractivity (Wildman–Crippen MR) is 85.4 cm³/mol. The molecule has 0 aliphatic rings. The van der Waals surface area contributed by atoms with Gasteiger partial charge in [-0.1, -0.05) is 70.1 Å². The molecule has 0 atom stereocenters. The lowest BCUT2D eigenvalue weighted by Crippen LogP contribution is -1.80. The van der Waals surface area contributed by atoms with E-state index in [1.54, 1.807) is 6.08 Å². The zero-order valence-corrected chi connectivity index (χ0v) is 12.8. The molecule has 0 aliphatic heterocycles. The lowest BCUT2D eigenvalue weighted by Gasteiger charge is -2.00. The van der Waals surface area contributed by atoms with E-state index in [0.29, 0.717) is 0 Å². The van der Waals surface area contributed by atoms with Gasteiger partial charge in [-0.3, -0.25) is 4.79 Å². The Hall–Kier alpha value is -0.850. The van der Waals surface area contributed by atoms with Gasteiger partial charge in [-0.2, -0.15) is 0 Å². The normalized spacial score (nSPS) is 11.6. The number of aldehydes is 1. The topological polar surface area (TPSA) is 17.1 Å². The molecular weight excluding hydrogens is 232 g/mol. The Morgan fingerprint density at radius 2 is 1.11 bits per heavy atom. The molecule has 0 N–H and O–H groups in total. The molecule has 0 heterocycles. The Kier molecular flexibility index (Phi) is 16.4. The van der Waals surface area contributed by atoms with Crippen LogP contribution in [0.4, 0.5) is 0 Å². The van der Waals surface area contributed by atoms with Crippen LogP contribution in [0.1, 0.15) is 84.0 Å². The number of unbranched alkanes of at least 4 members (excludes halogenated alkanes) is 10. The predicted octanol–water partition coefficient (Wildman–Crippen LogP) is 6.00. The zero-order chi connectivity index (χ0) is 14.0. The minimum atomic E-state index is 0.858. The summed E-state index contributed by atoms with van der Waals surface area (Å²) < 4.78 is 0. The average molecular weight is 264 g/mol. The number of hydrogen-bond donors (Lipinski definition) is 0. The number of allylic oxidation sites excluding steroid dienone is 4. The van der Waals surface area contributed by atoms with E-state index in [0.717, 1.165) is 12.7 Å². The van der Waals surface area contributed by atoms with E-state index in [9.17, 15) is 4.79 Å². The van der Waals surface area contributed by atoms with Crippen LogP contribution in [-0.4, -0.2) is 6.29 Å². The van der Waals surface area contributed by atoms with Crippen LogP contribution in [0.15, 0.2) is 24.3 Å². The standard InChI is InChI=1S/C18H32O/c1-2-3-4-5-6-7-8-9-10-11-12-13-14-15-16-17-18-19/h5-6,16-18H,2-4,7-15H2,1H3/b6-5-,17-16-. The van der Waals surface area contributed by atoms with Gasteiger partial charge in [0.2, 0.25) is 0 Å². The van der Waals surface area contributed by atoms with Gasteiger partial charge < -0.3 is 0 Å². The van der Waals surface area contributed by atoms with Gasteiger partial charge in [-0.25, -0.2) is 0 Å². The quantitative estimate of drug-likeness (QED) is 0.163. The van der Waals surface area contributed by atoms with Gasteiger partial charge in [-0.05, 0) is 38.2 Å². The summed E-state index contributed by atoms with van der Waals surface area (Å²) in [4.78, 5) is 10.0. The Bertz CT molecular complexity index is 228. The van der Waals surface area contributed by atoms with Crippen LogP contribution >= 0.6 is 0 Å². The van der Waals surface area contributed by atoms with Crippen molar-refractivity contribution in [2.45, 2.75) is 84.0 Å². The van der Waals surface area contributed by atoms with Crippen LogP contribution in [0.5, 0.6) is 0 Å². The van der Waals surface area contributed by atoms with Crippen molar-refractivity contribution in [1.82, 2.24) is 0 Å². The fourth-order valence-corrected chi connectivity index (χ4v) is 2.12. The summed E-state index contributed by atoms with van der Waals surface area (Å²) in [7, 11) is 0. The van der Waals surface area contributed by atoms with Gasteiger partial charge >= 0.3 is 0 Å². The van der Waals surface area contributed by atoms with Crippen molar-refractivity contribution in [3.05, 3.63) is 24.3 Å². The molecule has 0 rings (SSSR count). The van der Waals surface area contributed by atoms with Crippen molar-refractivity contribution in [3.8, 4) is 0 Å². The summed E-state index contributed by atoms with van der Waals surface area (Å²) in [5.74, 6) is 0. The zero-order valence-electron chi connectivity index (χ0n) is 12.8. The van der Waals surface area contributed by atoms with Crippen molar-refractivity contribution in [2.24, 2.45) is 0 Å². The molecule has 0 unspecified atom stereocenters. The molecule has 0 aromatic heterocycles. The van der Waals surface area contributed by atoms with E-state index in [2.05, 4.69) is 19.1 Å². The number of hydrogen-bond acceptors (Lipinski definition) is 1. The van der Waals surface area contributed by atoms with Crippen molar-refractivity contribution in [2.75, 3.05) is 0 Å². The second-order valence-corrected chi connectivity index (χ2v) is 5.23. The Labute approximate surface area is 120 Å². The largest absolute Gasteiger partial charge is 0.299 e. The van der Waals surface area contributed by atoms with E-state index >= 15 is 0 Å². The van der Waals surface area contributed by atoms with E-state index in [4.69, 9.17) is 0 Å². The third-order valence-corrected chi connectivity index (χ3v) is 3.35. The van der Waals surface area contributed by atoms with Crippen LogP contribution in [0.3, 0.4) is 0 Å². The fraction of sp³-hybridized carbons (Fsp3) is 0.722. The monoisotopic (exact) mass is 264 g/mol. The minimum absolute atomic E-state index is 0.858. The third-order valence-electron chi connectivity index (χ3n) is 3.35. The highest BCUT2D eigenvalue weighted by molar-refractivity contribution is 5.64. The second-order valence-electron chi connectivity index (χ2n) is 5.23. The maximum atomic E-state index is 10.0. The van der Waals surface area contributed by atoms with Gasteiger partial charge in [0.15, 0.2) is 0 Å². The highest BCUT2D eigenvalue weighted by Gasteiger charge is 1.90. The van der Waals surface area contributed by atoms with Gasteiger partial charge in [0.25, 0.3) is 0 Å². The molecule has 0 bridgehead atoms. The average Bonchev–Trinajstić information content (AvgIpc) is 2.43. The summed E-state index contributed by atoms with van der Waals surface area (Å²) in [6.07, 6.45) is 24.7. The van der Waals surface area contributed by atoms with Gasteiger partial charge in [0.1, 0.15) is 6.29 Å². The fourth-order valence-electron chi connectivity index (χ4n) is 2.12. The molecule has 110 valence electrons. The molecule has 1 nitrogen and oxygen atoms in total. The first-order chi connectivity index (χ1) is 9.41. The first-order valence-corrected chi connectivity index (χ1v) is 8.17. The molecule has 0 saturated carbocycles. The van der Waals surface area contributed by atoms with Gasteiger partial charge in [-0.15, -0.1) is 0 Å². The molecular formula is C18H32O. The molecule has 19 heavy (non-hydrogen) atoms. The first-order valence-electron chi connectivity index (χ1n) is 8.17. The number of rotatable bonds is 14.